The van der Waals surface area contributed by atoms with Crippen molar-refractivity contribution in [1.29, 1.82) is 0 Å². The van der Waals surface area contributed by atoms with Crippen molar-refractivity contribution in [1.82, 2.24) is 9.78 Å². The monoisotopic (exact) mass is 342 g/mol. The second-order valence-electron chi connectivity index (χ2n) is 6.45. The summed E-state index contributed by atoms with van der Waals surface area (Å²) in [5.74, 6) is -0.624. The Morgan fingerprint density at radius 2 is 2.12 bits per heavy atom. The average Bonchev–Trinajstić information content (AvgIpc) is 3.25. The molecule has 1 aliphatic carbocycles. The Morgan fingerprint density at radius 1 is 1.32 bits per heavy atom. The standard InChI is InChI=1S/C19H22N2O4/c1-3-21-16(8-10-20-21)25-18(22)15-7-6-14-5-4-9-19(17(14)13(15)2)23-11-12-24-19/h6-8,10H,3-5,9,11-12H2,1-2H3. The summed E-state index contributed by atoms with van der Waals surface area (Å²) < 4.78 is 19.2. The maximum Gasteiger partial charge on any atom is 0.345 e. The fourth-order valence-corrected chi connectivity index (χ4v) is 3.90. The Balaban J connectivity index is 1.71. The number of fused-ring (bicyclic) bond motifs is 2. The van der Waals surface area contributed by atoms with E-state index in [2.05, 4.69) is 5.10 Å². The number of hydrogen-bond donors (Lipinski definition) is 0. The highest BCUT2D eigenvalue weighted by atomic mass is 16.7. The molecule has 1 saturated heterocycles. The lowest BCUT2D eigenvalue weighted by Gasteiger charge is -2.35. The van der Waals surface area contributed by atoms with Crippen LogP contribution in [0.2, 0.25) is 0 Å². The van der Waals surface area contributed by atoms with E-state index in [1.165, 1.54) is 5.56 Å². The van der Waals surface area contributed by atoms with Gasteiger partial charge in [0.05, 0.1) is 25.0 Å². The van der Waals surface area contributed by atoms with Gasteiger partial charge in [0.15, 0.2) is 5.79 Å². The summed E-state index contributed by atoms with van der Waals surface area (Å²) in [6.45, 7) is 5.72. The van der Waals surface area contributed by atoms with Crippen molar-refractivity contribution in [3.8, 4) is 5.88 Å². The highest BCUT2D eigenvalue weighted by molar-refractivity contribution is 5.93. The Bertz CT molecular complexity index is 806. The van der Waals surface area contributed by atoms with Gasteiger partial charge in [-0.15, -0.1) is 0 Å². The largest absolute Gasteiger partial charge is 0.404 e. The van der Waals surface area contributed by atoms with E-state index < -0.39 is 5.79 Å². The molecule has 6 heteroatoms. The van der Waals surface area contributed by atoms with Crippen LogP contribution in [0.4, 0.5) is 0 Å². The molecule has 2 heterocycles. The molecule has 1 aromatic carbocycles. The Kier molecular flexibility index (Phi) is 4.09. The summed E-state index contributed by atoms with van der Waals surface area (Å²) >= 11 is 0. The number of aromatic nitrogens is 2. The van der Waals surface area contributed by atoms with Crippen LogP contribution in [-0.2, 0) is 28.2 Å². The number of esters is 1. The lowest BCUT2D eigenvalue weighted by atomic mass is 9.82. The van der Waals surface area contributed by atoms with Gasteiger partial charge in [-0.25, -0.2) is 9.48 Å². The molecule has 0 unspecified atom stereocenters. The zero-order chi connectivity index (χ0) is 17.4. The lowest BCUT2D eigenvalue weighted by molar-refractivity contribution is -0.175. The van der Waals surface area contributed by atoms with Crippen molar-refractivity contribution in [3.63, 3.8) is 0 Å². The van der Waals surface area contributed by atoms with E-state index in [9.17, 15) is 4.79 Å². The van der Waals surface area contributed by atoms with Gasteiger partial charge in [-0.3, -0.25) is 0 Å². The molecule has 2 aliphatic rings. The number of hydrogen-bond acceptors (Lipinski definition) is 5. The maximum absolute atomic E-state index is 12.7. The Labute approximate surface area is 146 Å². The minimum Gasteiger partial charge on any atom is -0.404 e. The zero-order valence-electron chi connectivity index (χ0n) is 14.6. The van der Waals surface area contributed by atoms with Gasteiger partial charge < -0.3 is 14.2 Å². The second-order valence-corrected chi connectivity index (χ2v) is 6.45. The zero-order valence-corrected chi connectivity index (χ0v) is 14.6. The number of carbonyl (C=O) groups excluding carboxylic acids is 1. The van der Waals surface area contributed by atoms with Gasteiger partial charge in [0, 0.05) is 24.6 Å². The normalized spacial score (nSPS) is 18.3. The topological polar surface area (TPSA) is 62.6 Å². The lowest BCUT2D eigenvalue weighted by Crippen LogP contribution is -2.33. The smallest absolute Gasteiger partial charge is 0.345 e. The average molecular weight is 342 g/mol. The fourth-order valence-electron chi connectivity index (χ4n) is 3.90. The molecule has 0 bridgehead atoms. The number of nitrogens with zero attached hydrogens (tertiary/aromatic N) is 2. The number of rotatable bonds is 3. The first-order valence-electron chi connectivity index (χ1n) is 8.79. The first-order valence-corrected chi connectivity index (χ1v) is 8.79. The van der Waals surface area contributed by atoms with E-state index in [1.807, 2.05) is 26.0 Å². The van der Waals surface area contributed by atoms with Gasteiger partial charge >= 0.3 is 5.97 Å². The predicted molar refractivity (Wildman–Crippen MR) is 90.6 cm³/mol. The van der Waals surface area contributed by atoms with E-state index >= 15 is 0 Å². The molecule has 6 nitrogen and oxygen atoms in total. The van der Waals surface area contributed by atoms with Gasteiger partial charge in [0.2, 0.25) is 5.88 Å². The van der Waals surface area contributed by atoms with E-state index in [-0.39, 0.29) is 5.97 Å². The van der Waals surface area contributed by atoms with Crippen LogP contribution in [0.3, 0.4) is 0 Å². The molecule has 1 spiro atoms. The fraction of sp³-hybridized carbons (Fsp3) is 0.474. The number of carbonyl (C=O) groups is 1. The van der Waals surface area contributed by atoms with Crippen molar-refractivity contribution in [2.45, 2.75) is 45.4 Å². The van der Waals surface area contributed by atoms with Crippen LogP contribution < -0.4 is 4.74 Å². The van der Waals surface area contributed by atoms with E-state index in [0.29, 0.717) is 31.2 Å². The maximum atomic E-state index is 12.7. The Morgan fingerprint density at radius 3 is 2.88 bits per heavy atom. The molecular weight excluding hydrogens is 320 g/mol. The van der Waals surface area contributed by atoms with Gasteiger partial charge in [0.25, 0.3) is 0 Å². The van der Waals surface area contributed by atoms with Gasteiger partial charge in [-0.1, -0.05) is 6.07 Å². The number of benzene rings is 1. The second kappa shape index (κ2) is 6.28. The third-order valence-corrected chi connectivity index (χ3v) is 5.03. The summed E-state index contributed by atoms with van der Waals surface area (Å²) in [6.07, 6.45) is 4.44. The molecular formula is C19H22N2O4. The molecule has 4 rings (SSSR count). The number of ether oxygens (including phenoxy) is 3. The van der Waals surface area contributed by atoms with E-state index in [0.717, 1.165) is 30.4 Å². The SMILES string of the molecule is CCn1nccc1OC(=O)c1ccc2c(c1C)C1(CCC2)OCCO1. The van der Waals surface area contributed by atoms with Crippen LogP contribution in [0.15, 0.2) is 24.4 Å². The molecule has 1 aromatic heterocycles. The van der Waals surface area contributed by atoms with Crippen LogP contribution in [0.1, 0.15) is 46.8 Å². The van der Waals surface area contributed by atoms with E-state index in [1.54, 1.807) is 16.9 Å². The van der Waals surface area contributed by atoms with Crippen LogP contribution >= 0.6 is 0 Å². The Hall–Kier alpha value is -2.18. The van der Waals surface area contributed by atoms with E-state index in [4.69, 9.17) is 14.2 Å². The van der Waals surface area contributed by atoms with Crippen LogP contribution in [-0.4, -0.2) is 29.0 Å². The van der Waals surface area contributed by atoms with Crippen LogP contribution in [0.5, 0.6) is 5.88 Å². The predicted octanol–water partition coefficient (Wildman–Crippen LogP) is 2.97. The molecule has 0 atom stereocenters. The minimum atomic E-state index is -0.695. The first kappa shape index (κ1) is 16.3. The third kappa shape index (κ3) is 2.65. The minimum absolute atomic E-state index is 0.380. The van der Waals surface area contributed by atoms with Crippen molar-refractivity contribution in [2.75, 3.05) is 13.2 Å². The molecule has 1 fully saturated rings. The van der Waals surface area contributed by atoms with Crippen molar-refractivity contribution < 1.29 is 19.0 Å². The highest BCUT2D eigenvalue weighted by Gasteiger charge is 2.43. The van der Waals surface area contributed by atoms with Crippen LogP contribution in [0.25, 0.3) is 0 Å². The summed E-state index contributed by atoms with van der Waals surface area (Å²) in [7, 11) is 0. The first-order chi connectivity index (χ1) is 12.1. The van der Waals surface area contributed by atoms with Gasteiger partial charge in [-0.2, -0.15) is 5.10 Å². The molecule has 2 aromatic rings. The highest BCUT2D eigenvalue weighted by Crippen LogP contribution is 2.44. The summed E-state index contributed by atoms with van der Waals surface area (Å²) in [6, 6.07) is 5.54. The van der Waals surface area contributed by atoms with Crippen molar-refractivity contribution >= 4 is 5.97 Å². The quantitative estimate of drug-likeness (QED) is 0.803. The molecule has 132 valence electrons. The summed E-state index contributed by atoms with van der Waals surface area (Å²) in [5, 5.41) is 4.13. The van der Waals surface area contributed by atoms with Crippen molar-refractivity contribution in [3.05, 3.63) is 46.6 Å². The van der Waals surface area contributed by atoms with Gasteiger partial charge in [0.1, 0.15) is 0 Å². The molecule has 0 amide bonds. The molecule has 0 N–H and O–H groups in total. The van der Waals surface area contributed by atoms with Crippen LogP contribution in [0, 0.1) is 6.92 Å². The summed E-state index contributed by atoms with van der Waals surface area (Å²) in [5.41, 5.74) is 3.63. The molecule has 0 saturated carbocycles. The molecule has 0 radical (unpaired) electrons. The summed E-state index contributed by atoms with van der Waals surface area (Å²) in [4.78, 5) is 12.7. The number of aryl methyl sites for hydroxylation is 2. The molecule has 1 aliphatic heterocycles. The van der Waals surface area contributed by atoms with Gasteiger partial charge in [-0.05, 0) is 43.9 Å². The third-order valence-electron chi connectivity index (χ3n) is 5.03. The van der Waals surface area contributed by atoms with Crippen molar-refractivity contribution in [2.24, 2.45) is 0 Å². The molecule has 25 heavy (non-hydrogen) atoms.